The van der Waals surface area contributed by atoms with Crippen molar-refractivity contribution in [3.8, 4) is 0 Å². The second kappa shape index (κ2) is 7.97. The van der Waals surface area contributed by atoms with E-state index in [9.17, 15) is 18.0 Å². The molecule has 0 atom stereocenters. The molecule has 1 aromatic carbocycles. The Balaban J connectivity index is 1.48. The zero-order valence-electron chi connectivity index (χ0n) is 15.6. The summed E-state index contributed by atoms with van der Waals surface area (Å²) in [5, 5.41) is 5.39. The van der Waals surface area contributed by atoms with Gasteiger partial charge in [-0.15, -0.1) is 0 Å². The molecule has 1 saturated heterocycles. The highest BCUT2D eigenvalue weighted by Gasteiger charge is 2.30. The van der Waals surface area contributed by atoms with Crippen molar-refractivity contribution in [1.82, 2.24) is 9.29 Å². The molecule has 0 unspecified atom stereocenters. The van der Waals surface area contributed by atoms with E-state index in [1.807, 2.05) is 0 Å². The number of fused-ring (bicyclic) bond motifs is 2. The van der Waals surface area contributed by atoms with E-state index in [4.69, 9.17) is 9.47 Å². The average molecular weight is 419 g/mol. The molecule has 2 aromatic rings. The van der Waals surface area contributed by atoms with E-state index >= 15 is 0 Å². The second-order valence-electron chi connectivity index (χ2n) is 6.92. The van der Waals surface area contributed by atoms with E-state index in [0.717, 1.165) is 3.97 Å². The van der Waals surface area contributed by atoms with Crippen molar-refractivity contribution in [3.63, 3.8) is 0 Å². The van der Waals surface area contributed by atoms with Crippen LogP contribution in [0.15, 0.2) is 41.4 Å². The quantitative estimate of drug-likeness (QED) is 0.766. The third-order valence-corrected chi connectivity index (χ3v) is 6.64. The molecule has 154 valence electrons. The van der Waals surface area contributed by atoms with Gasteiger partial charge >= 0.3 is 0 Å². The lowest BCUT2D eigenvalue weighted by molar-refractivity contribution is 0.0938. The number of anilines is 1. The summed E-state index contributed by atoms with van der Waals surface area (Å²) in [6, 6.07) is 7.06. The van der Waals surface area contributed by atoms with Gasteiger partial charge < -0.3 is 20.1 Å². The summed E-state index contributed by atoms with van der Waals surface area (Å²) >= 11 is 0. The van der Waals surface area contributed by atoms with Crippen LogP contribution in [0.1, 0.15) is 27.3 Å². The highest BCUT2D eigenvalue weighted by Crippen LogP contribution is 2.29. The molecule has 4 rings (SSSR count). The lowest BCUT2D eigenvalue weighted by Gasteiger charge is -2.14. The smallest absolute Gasteiger partial charge is 0.273 e. The van der Waals surface area contributed by atoms with Crippen LogP contribution in [0.5, 0.6) is 0 Å². The molecule has 0 radical (unpaired) electrons. The normalized spacial score (nSPS) is 18.7. The van der Waals surface area contributed by atoms with E-state index in [0.29, 0.717) is 39.4 Å². The van der Waals surface area contributed by atoms with Gasteiger partial charge in [0.1, 0.15) is 10.6 Å². The number of hydrogen-bond acceptors (Lipinski definition) is 6. The summed E-state index contributed by atoms with van der Waals surface area (Å²) in [6.07, 6.45) is 2.03. The highest BCUT2D eigenvalue weighted by atomic mass is 32.2. The van der Waals surface area contributed by atoms with Crippen LogP contribution in [0.3, 0.4) is 0 Å². The first-order valence-electron chi connectivity index (χ1n) is 9.29. The van der Waals surface area contributed by atoms with Gasteiger partial charge in [-0.1, -0.05) is 0 Å². The first-order chi connectivity index (χ1) is 14.0. The monoisotopic (exact) mass is 419 g/mol. The van der Waals surface area contributed by atoms with Gasteiger partial charge in [0.2, 0.25) is 0 Å². The van der Waals surface area contributed by atoms with Crippen LogP contribution in [-0.4, -0.2) is 57.2 Å². The Bertz CT molecular complexity index is 1040. The molecule has 1 aromatic heterocycles. The minimum atomic E-state index is -3.93. The number of aromatic nitrogens is 1. The molecule has 2 aliphatic heterocycles. The number of amides is 2. The third kappa shape index (κ3) is 3.91. The maximum absolute atomic E-state index is 12.8. The Morgan fingerprint density at radius 2 is 1.97 bits per heavy atom. The van der Waals surface area contributed by atoms with E-state index < -0.39 is 15.9 Å². The molecule has 0 bridgehead atoms. The highest BCUT2D eigenvalue weighted by molar-refractivity contribution is 7.90. The summed E-state index contributed by atoms with van der Waals surface area (Å²) in [4.78, 5) is 24.8. The molecule has 0 spiro atoms. The fraction of sp³-hybridized carbons (Fsp3) is 0.368. The minimum absolute atomic E-state index is 0.0139. The lowest BCUT2D eigenvalue weighted by Crippen LogP contribution is -2.27. The topological polar surface area (TPSA) is 116 Å². The zero-order valence-corrected chi connectivity index (χ0v) is 16.4. The van der Waals surface area contributed by atoms with Gasteiger partial charge in [-0.3, -0.25) is 9.59 Å². The zero-order chi connectivity index (χ0) is 20.4. The Morgan fingerprint density at radius 3 is 2.72 bits per heavy atom. The Kier molecular flexibility index (Phi) is 5.39. The summed E-state index contributed by atoms with van der Waals surface area (Å²) in [7, 11) is -3.93. The van der Waals surface area contributed by atoms with Crippen LogP contribution in [0.2, 0.25) is 0 Å². The van der Waals surface area contributed by atoms with E-state index in [-0.39, 0.29) is 33.7 Å². The predicted octanol–water partition coefficient (Wildman–Crippen LogP) is 1.07. The van der Waals surface area contributed by atoms with Crippen LogP contribution in [0, 0.1) is 5.92 Å². The van der Waals surface area contributed by atoms with E-state index in [1.165, 1.54) is 36.5 Å². The predicted molar refractivity (Wildman–Crippen MR) is 103 cm³/mol. The van der Waals surface area contributed by atoms with Gasteiger partial charge in [-0.2, -0.15) is 0 Å². The maximum atomic E-state index is 12.8. The third-order valence-electron chi connectivity index (χ3n) is 4.89. The first-order valence-corrected chi connectivity index (χ1v) is 10.7. The second-order valence-corrected chi connectivity index (χ2v) is 8.70. The van der Waals surface area contributed by atoms with Crippen molar-refractivity contribution in [2.75, 3.05) is 38.3 Å². The Labute approximate surface area is 168 Å². The van der Waals surface area contributed by atoms with Crippen LogP contribution >= 0.6 is 0 Å². The number of carbonyl (C=O) groups is 2. The molecule has 29 heavy (non-hydrogen) atoms. The standard InChI is InChI=1S/C19H21N3O6S/c23-18(20-6-5-13-11-27-8-9-28-12-13)14-3-4-17-15(10-14)21-19(24)16-2-1-7-22(16)29(17,25)26/h1-4,7,10,13H,5-6,8-9,11-12H2,(H,20,23)(H,21,24). The summed E-state index contributed by atoms with van der Waals surface area (Å²) in [5.74, 6) is -0.689. The molecule has 0 saturated carbocycles. The van der Waals surface area contributed by atoms with Crippen molar-refractivity contribution in [3.05, 3.63) is 47.8 Å². The summed E-state index contributed by atoms with van der Waals surface area (Å²) < 4.78 is 37.5. The van der Waals surface area contributed by atoms with Crippen molar-refractivity contribution < 1.29 is 27.5 Å². The molecule has 3 heterocycles. The summed E-state index contributed by atoms with van der Waals surface area (Å²) in [6.45, 7) is 2.79. The number of hydrogen-bond donors (Lipinski definition) is 2. The van der Waals surface area contributed by atoms with Crippen LogP contribution < -0.4 is 10.6 Å². The summed E-state index contributed by atoms with van der Waals surface area (Å²) in [5.41, 5.74) is 0.358. The van der Waals surface area contributed by atoms with Crippen molar-refractivity contribution in [2.24, 2.45) is 5.92 Å². The Hall–Kier alpha value is -2.69. The SMILES string of the molecule is O=C(NCCC1COCCOC1)c1ccc2c(c1)NC(=O)c1cccn1S2(=O)=O. The molecule has 1 fully saturated rings. The first kappa shape index (κ1) is 19.6. The van der Waals surface area contributed by atoms with Gasteiger partial charge in [-0.25, -0.2) is 12.4 Å². The van der Waals surface area contributed by atoms with Crippen LogP contribution in [0.4, 0.5) is 5.69 Å². The number of nitrogens with zero attached hydrogens (tertiary/aromatic N) is 1. The number of carbonyl (C=O) groups excluding carboxylic acids is 2. The molecule has 2 N–H and O–H groups in total. The molecule has 10 heteroatoms. The van der Waals surface area contributed by atoms with Gasteiger partial charge in [-0.05, 0) is 36.8 Å². The van der Waals surface area contributed by atoms with Crippen LogP contribution in [0.25, 0.3) is 0 Å². The van der Waals surface area contributed by atoms with Crippen LogP contribution in [-0.2, 0) is 19.5 Å². The largest absolute Gasteiger partial charge is 0.379 e. The molecular formula is C19H21N3O6S. The number of ether oxygens (including phenoxy) is 2. The maximum Gasteiger partial charge on any atom is 0.273 e. The van der Waals surface area contributed by atoms with E-state index in [1.54, 1.807) is 0 Å². The molecule has 0 aliphatic carbocycles. The van der Waals surface area contributed by atoms with Crippen molar-refractivity contribution in [1.29, 1.82) is 0 Å². The van der Waals surface area contributed by atoms with Crippen molar-refractivity contribution >= 4 is 27.5 Å². The fourth-order valence-electron chi connectivity index (χ4n) is 3.36. The molecule has 9 nitrogen and oxygen atoms in total. The van der Waals surface area contributed by atoms with E-state index in [2.05, 4.69) is 10.6 Å². The molecular weight excluding hydrogens is 398 g/mol. The average Bonchev–Trinajstić information content (AvgIpc) is 3.04. The van der Waals surface area contributed by atoms with Gasteiger partial charge in [0.15, 0.2) is 0 Å². The minimum Gasteiger partial charge on any atom is -0.379 e. The van der Waals surface area contributed by atoms with Gasteiger partial charge in [0.05, 0.1) is 32.1 Å². The molecule has 2 amide bonds. The number of nitrogens with one attached hydrogen (secondary N) is 2. The number of benzene rings is 1. The fourth-order valence-corrected chi connectivity index (χ4v) is 4.84. The van der Waals surface area contributed by atoms with Gasteiger partial charge in [0.25, 0.3) is 21.8 Å². The Morgan fingerprint density at radius 1 is 1.21 bits per heavy atom. The van der Waals surface area contributed by atoms with Crippen molar-refractivity contribution in [2.45, 2.75) is 11.3 Å². The number of rotatable bonds is 4. The van der Waals surface area contributed by atoms with Gasteiger partial charge in [0, 0.05) is 24.2 Å². The molecule has 2 aliphatic rings. The lowest BCUT2D eigenvalue weighted by atomic mass is 10.1.